The lowest BCUT2D eigenvalue weighted by Gasteiger charge is -2.07. The van der Waals surface area contributed by atoms with Gasteiger partial charge in [0.1, 0.15) is 11.6 Å². The van der Waals surface area contributed by atoms with Crippen molar-refractivity contribution in [1.29, 1.82) is 0 Å². The van der Waals surface area contributed by atoms with Gasteiger partial charge in [0, 0.05) is 24.6 Å². The maximum absolute atomic E-state index is 5.63. The summed E-state index contributed by atoms with van der Waals surface area (Å²) in [6, 6.07) is 3.98. The van der Waals surface area contributed by atoms with Gasteiger partial charge in [-0.1, -0.05) is 0 Å². The molecule has 0 unspecified atom stereocenters. The van der Waals surface area contributed by atoms with Crippen LogP contribution in [0.15, 0.2) is 24.5 Å². The predicted octanol–water partition coefficient (Wildman–Crippen LogP) is 1.34. The summed E-state index contributed by atoms with van der Waals surface area (Å²) in [4.78, 5) is 8.62. The summed E-state index contributed by atoms with van der Waals surface area (Å²) in [5.74, 6) is 1.81. The second kappa shape index (κ2) is 3.82. The van der Waals surface area contributed by atoms with Crippen molar-refractivity contribution in [2.75, 3.05) is 0 Å². The summed E-state index contributed by atoms with van der Waals surface area (Å²) in [7, 11) is 0. The summed E-state index contributed by atoms with van der Waals surface area (Å²) < 4.78 is 1.95. The molecular formula is C11H14N4. The van der Waals surface area contributed by atoms with Gasteiger partial charge in [0.25, 0.3) is 0 Å². The van der Waals surface area contributed by atoms with E-state index in [-0.39, 0.29) is 0 Å². The number of imidazole rings is 1. The highest BCUT2D eigenvalue weighted by Crippen LogP contribution is 2.11. The third-order valence-corrected chi connectivity index (χ3v) is 2.31. The monoisotopic (exact) mass is 202 g/mol. The molecule has 2 N–H and O–H groups in total. The lowest BCUT2D eigenvalue weighted by atomic mass is 10.2. The summed E-state index contributed by atoms with van der Waals surface area (Å²) >= 11 is 0. The Labute approximate surface area is 88.8 Å². The molecule has 0 spiro atoms. The molecule has 0 aromatic carbocycles. The molecule has 0 bridgehead atoms. The average Bonchev–Trinajstić information content (AvgIpc) is 2.63. The van der Waals surface area contributed by atoms with Crippen molar-refractivity contribution in [2.45, 2.75) is 20.4 Å². The Hall–Kier alpha value is -1.68. The first-order valence-corrected chi connectivity index (χ1v) is 4.88. The first-order valence-electron chi connectivity index (χ1n) is 4.88. The van der Waals surface area contributed by atoms with Crippen molar-refractivity contribution in [3.05, 3.63) is 41.6 Å². The Morgan fingerprint density at radius 2 is 2.13 bits per heavy atom. The van der Waals surface area contributed by atoms with Crippen LogP contribution in [0.1, 0.15) is 17.1 Å². The average molecular weight is 202 g/mol. The maximum atomic E-state index is 5.63. The van der Waals surface area contributed by atoms with Crippen LogP contribution in [-0.4, -0.2) is 14.5 Å². The smallest absolute Gasteiger partial charge is 0.138 e. The van der Waals surface area contributed by atoms with Gasteiger partial charge in [-0.3, -0.25) is 4.57 Å². The van der Waals surface area contributed by atoms with Gasteiger partial charge in [-0.2, -0.15) is 0 Å². The van der Waals surface area contributed by atoms with Crippen LogP contribution in [-0.2, 0) is 6.54 Å². The first kappa shape index (κ1) is 9.86. The summed E-state index contributed by atoms with van der Waals surface area (Å²) in [5.41, 5.74) is 7.69. The largest absolute Gasteiger partial charge is 0.326 e. The van der Waals surface area contributed by atoms with E-state index >= 15 is 0 Å². The summed E-state index contributed by atoms with van der Waals surface area (Å²) in [6.07, 6.45) is 3.67. The molecule has 0 fully saturated rings. The maximum Gasteiger partial charge on any atom is 0.138 e. The normalized spacial score (nSPS) is 10.6. The Bertz CT molecular complexity index is 473. The number of pyridine rings is 1. The first-order chi connectivity index (χ1) is 7.20. The van der Waals surface area contributed by atoms with Gasteiger partial charge in [0.2, 0.25) is 0 Å². The molecule has 0 aliphatic rings. The Morgan fingerprint density at radius 1 is 1.33 bits per heavy atom. The molecule has 15 heavy (non-hydrogen) atoms. The van der Waals surface area contributed by atoms with Crippen LogP contribution in [0.5, 0.6) is 0 Å². The zero-order valence-electron chi connectivity index (χ0n) is 8.94. The third kappa shape index (κ3) is 1.89. The minimum absolute atomic E-state index is 0.532. The quantitative estimate of drug-likeness (QED) is 0.799. The molecule has 0 saturated heterocycles. The topological polar surface area (TPSA) is 56.7 Å². The van der Waals surface area contributed by atoms with E-state index in [0.717, 1.165) is 22.9 Å². The Morgan fingerprint density at radius 3 is 2.73 bits per heavy atom. The third-order valence-electron chi connectivity index (χ3n) is 2.31. The predicted molar refractivity (Wildman–Crippen MR) is 58.7 cm³/mol. The molecule has 78 valence electrons. The molecule has 4 nitrogen and oxygen atoms in total. The van der Waals surface area contributed by atoms with Crippen LogP contribution in [0.4, 0.5) is 0 Å². The number of aryl methyl sites for hydroxylation is 2. The van der Waals surface area contributed by atoms with Crippen LogP contribution in [0.25, 0.3) is 5.82 Å². The lowest BCUT2D eigenvalue weighted by molar-refractivity contribution is 0.909. The zero-order chi connectivity index (χ0) is 10.8. The van der Waals surface area contributed by atoms with Crippen molar-refractivity contribution in [3.8, 4) is 5.82 Å². The van der Waals surface area contributed by atoms with Crippen molar-refractivity contribution >= 4 is 0 Å². The molecule has 2 aromatic heterocycles. The molecule has 2 aromatic rings. The number of nitrogens with zero attached hydrogens (tertiary/aromatic N) is 3. The van der Waals surface area contributed by atoms with Gasteiger partial charge >= 0.3 is 0 Å². The fourth-order valence-electron chi connectivity index (χ4n) is 1.58. The molecule has 0 aliphatic carbocycles. The molecule has 4 heteroatoms. The van der Waals surface area contributed by atoms with Crippen molar-refractivity contribution in [1.82, 2.24) is 14.5 Å². The van der Waals surface area contributed by atoms with Gasteiger partial charge in [0.05, 0.1) is 0 Å². The van der Waals surface area contributed by atoms with Crippen LogP contribution in [0, 0.1) is 13.8 Å². The van der Waals surface area contributed by atoms with Gasteiger partial charge in [0.15, 0.2) is 0 Å². The summed E-state index contributed by atoms with van der Waals surface area (Å²) in [6.45, 7) is 4.45. The minimum atomic E-state index is 0.532. The van der Waals surface area contributed by atoms with E-state index in [1.165, 1.54) is 0 Å². The highest BCUT2D eigenvalue weighted by Gasteiger charge is 2.03. The van der Waals surface area contributed by atoms with Crippen LogP contribution < -0.4 is 5.73 Å². The Kier molecular flexibility index (Phi) is 2.51. The zero-order valence-corrected chi connectivity index (χ0v) is 8.94. The van der Waals surface area contributed by atoms with E-state index in [1.54, 1.807) is 6.20 Å². The van der Waals surface area contributed by atoms with Crippen LogP contribution in [0.3, 0.4) is 0 Å². The highest BCUT2D eigenvalue weighted by molar-refractivity contribution is 5.31. The number of hydrogen-bond donors (Lipinski definition) is 1. The van der Waals surface area contributed by atoms with Crippen LogP contribution >= 0.6 is 0 Å². The van der Waals surface area contributed by atoms with Gasteiger partial charge in [-0.15, -0.1) is 0 Å². The van der Waals surface area contributed by atoms with E-state index in [0.29, 0.717) is 6.54 Å². The number of nitrogens with two attached hydrogens (primary N) is 1. The minimum Gasteiger partial charge on any atom is -0.326 e. The number of aromatic nitrogens is 3. The van der Waals surface area contributed by atoms with Gasteiger partial charge < -0.3 is 5.73 Å². The number of rotatable bonds is 2. The second-order valence-electron chi connectivity index (χ2n) is 3.52. The standard InChI is InChI=1S/C11H14N4/c1-8-5-10(7-12)6-11(14-8)15-4-3-13-9(15)2/h3-6H,7,12H2,1-2H3. The fraction of sp³-hybridized carbons (Fsp3) is 0.273. The molecule has 0 saturated carbocycles. The molecule has 0 atom stereocenters. The Balaban J connectivity index is 2.53. The fourth-order valence-corrected chi connectivity index (χ4v) is 1.58. The van der Waals surface area contributed by atoms with E-state index in [9.17, 15) is 0 Å². The van der Waals surface area contributed by atoms with E-state index in [1.807, 2.05) is 36.7 Å². The summed E-state index contributed by atoms with van der Waals surface area (Å²) in [5, 5.41) is 0. The molecule has 2 rings (SSSR count). The van der Waals surface area contributed by atoms with Gasteiger partial charge in [-0.05, 0) is 31.5 Å². The van der Waals surface area contributed by atoms with E-state index < -0.39 is 0 Å². The van der Waals surface area contributed by atoms with Crippen LogP contribution in [0.2, 0.25) is 0 Å². The van der Waals surface area contributed by atoms with Crippen molar-refractivity contribution in [3.63, 3.8) is 0 Å². The molecule has 0 radical (unpaired) electrons. The molecular weight excluding hydrogens is 188 g/mol. The van der Waals surface area contributed by atoms with Gasteiger partial charge in [-0.25, -0.2) is 9.97 Å². The van der Waals surface area contributed by atoms with E-state index in [2.05, 4.69) is 9.97 Å². The molecule has 2 heterocycles. The SMILES string of the molecule is Cc1cc(CN)cc(-n2ccnc2C)n1. The molecule has 0 amide bonds. The highest BCUT2D eigenvalue weighted by atomic mass is 15.1. The van der Waals surface area contributed by atoms with Crippen molar-refractivity contribution < 1.29 is 0 Å². The second-order valence-corrected chi connectivity index (χ2v) is 3.52. The van der Waals surface area contributed by atoms with E-state index in [4.69, 9.17) is 5.73 Å². The lowest BCUT2D eigenvalue weighted by Crippen LogP contribution is -2.04. The molecule has 0 aliphatic heterocycles. The van der Waals surface area contributed by atoms with Crippen molar-refractivity contribution in [2.24, 2.45) is 5.73 Å². The number of hydrogen-bond acceptors (Lipinski definition) is 3.